The molecule has 0 saturated heterocycles. The first-order valence-electron chi connectivity index (χ1n) is 7.28. The molecular formula is C15H15BrN4O3. The van der Waals surface area contributed by atoms with Crippen LogP contribution in [0.1, 0.15) is 41.4 Å². The van der Waals surface area contributed by atoms with E-state index in [0.29, 0.717) is 0 Å². The molecule has 7 nitrogen and oxygen atoms in total. The molecule has 1 amide bonds. The van der Waals surface area contributed by atoms with E-state index in [1.165, 1.54) is 0 Å². The van der Waals surface area contributed by atoms with Crippen molar-refractivity contribution in [3.63, 3.8) is 0 Å². The highest BCUT2D eigenvalue weighted by atomic mass is 79.9. The van der Waals surface area contributed by atoms with E-state index in [4.69, 9.17) is 5.11 Å². The fourth-order valence-corrected chi connectivity index (χ4v) is 2.58. The first-order chi connectivity index (χ1) is 11.1. The summed E-state index contributed by atoms with van der Waals surface area (Å²) in [6.07, 6.45) is 1.88. The molecule has 2 aromatic rings. The summed E-state index contributed by atoms with van der Waals surface area (Å²) in [6.45, 7) is 0.0728. The van der Waals surface area contributed by atoms with Crippen molar-refractivity contribution in [1.82, 2.24) is 20.3 Å². The molecule has 2 N–H and O–H groups in total. The summed E-state index contributed by atoms with van der Waals surface area (Å²) >= 11 is 3.39. The second kappa shape index (κ2) is 6.49. The van der Waals surface area contributed by atoms with Gasteiger partial charge >= 0.3 is 5.97 Å². The third-order valence-electron chi connectivity index (χ3n) is 3.58. The minimum Gasteiger partial charge on any atom is -0.481 e. The average Bonchev–Trinajstić information content (AvgIpc) is 3.26. The van der Waals surface area contributed by atoms with Crippen molar-refractivity contribution >= 4 is 27.8 Å². The van der Waals surface area contributed by atoms with Gasteiger partial charge in [-0.1, -0.05) is 21.1 Å². The van der Waals surface area contributed by atoms with E-state index in [9.17, 15) is 9.59 Å². The van der Waals surface area contributed by atoms with Gasteiger partial charge < -0.3 is 10.4 Å². The Kier molecular flexibility index (Phi) is 4.42. The van der Waals surface area contributed by atoms with E-state index in [-0.39, 0.29) is 30.5 Å². The fourth-order valence-electron chi connectivity index (χ4n) is 2.31. The largest absolute Gasteiger partial charge is 0.481 e. The number of halogens is 1. The van der Waals surface area contributed by atoms with Gasteiger partial charge in [-0.15, -0.1) is 5.10 Å². The van der Waals surface area contributed by atoms with Crippen LogP contribution in [0.25, 0.3) is 5.69 Å². The van der Waals surface area contributed by atoms with Crippen LogP contribution in [0.2, 0.25) is 0 Å². The highest BCUT2D eigenvalue weighted by molar-refractivity contribution is 9.10. The van der Waals surface area contributed by atoms with Crippen LogP contribution in [0.4, 0.5) is 0 Å². The summed E-state index contributed by atoms with van der Waals surface area (Å²) < 4.78 is 2.65. The molecule has 0 bridgehead atoms. The van der Waals surface area contributed by atoms with Crippen LogP contribution in [-0.2, 0) is 4.79 Å². The molecule has 1 heterocycles. The Bertz CT molecular complexity index is 738. The molecule has 0 radical (unpaired) electrons. The lowest BCUT2D eigenvalue weighted by Crippen LogP contribution is -2.27. The molecule has 1 saturated carbocycles. The van der Waals surface area contributed by atoms with Crippen LogP contribution in [0.15, 0.2) is 28.7 Å². The smallest absolute Gasteiger partial charge is 0.305 e. The van der Waals surface area contributed by atoms with Gasteiger partial charge in [-0.2, -0.15) is 0 Å². The van der Waals surface area contributed by atoms with Crippen molar-refractivity contribution in [2.75, 3.05) is 6.54 Å². The van der Waals surface area contributed by atoms with Crippen molar-refractivity contribution in [2.45, 2.75) is 25.2 Å². The number of carboxylic acids is 1. The van der Waals surface area contributed by atoms with E-state index < -0.39 is 5.97 Å². The van der Waals surface area contributed by atoms with Crippen LogP contribution < -0.4 is 5.32 Å². The van der Waals surface area contributed by atoms with Crippen LogP contribution in [-0.4, -0.2) is 38.5 Å². The Morgan fingerprint density at radius 1 is 1.30 bits per heavy atom. The number of carboxylic acid groups (broad SMARTS) is 1. The van der Waals surface area contributed by atoms with E-state index in [0.717, 1.165) is 28.7 Å². The number of amides is 1. The Labute approximate surface area is 140 Å². The van der Waals surface area contributed by atoms with Gasteiger partial charge in [0.05, 0.1) is 17.8 Å². The molecule has 120 valence electrons. The minimum absolute atomic E-state index is 0.0728. The van der Waals surface area contributed by atoms with Crippen LogP contribution in [0.5, 0.6) is 0 Å². The topological polar surface area (TPSA) is 97.1 Å². The molecule has 3 rings (SSSR count). The summed E-state index contributed by atoms with van der Waals surface area (Å²) in [4.78, 5) is 22.8. The highest BCUT2D eigenvalue weighted by Crippen LogP contribution is 2.42. The maximum atomic E-state index is 12.3. The number of hydrogen-bond acceptors (Lipinski definition) is 4. The lowest BCUT2D eigenvalue weighted by molar-refractivity contribution is -0.136. The molecule has 0 unspecified atom stereocenters. The van der Waals surface area contributed by atoms with Crippen molar-refractivity contribution < 1.29 is 14.7 Å². The Hall–Kier alpha value is -2.22. The maximum absolute atomic E-state index is 12.3. The van der Waals surface area contributed by atoms with Crippen LogP contribution in [0, 0.1) is 0 Å². The Morgan fingerprint density at radius 3 is 2.61 bits per heavy atom. The summed E-state index contributed by atoms with van der Waals surface area (Å²) in [7, 11) is 0. The van der Waals surface area contributed by atoms with Crippen LogP contribution in [0.3, 0.4) is 0 Å². The first kappa shape index (κ1) is 15.7. The highest BCUT2D eigenvalue weighted by Gasteiger charge is 2.34. The zero-order valence-corrected chi connectivity index (χ0v) is 13.8. The second-order valence-electron chi connectivity index (χ2n) is 5.39. The van der Waals surface area contributed by atoms with Gasteiger partial charge in [0.15, 0.2) is 5.69 Å². The SMILES string of the molecule is O=C(O)CCNC(=O)c1nnn(-c2ccc(Br)cc2)c1C1CC1. The molecule has 0 spiro atoms. The molecule has 0 atom stereocenters. The van der Waals surface area contributed by atoms with Gasteiger partial charge in [0.25, 0.3) is 5.91 Å². The van der Waals surface area contributed by atoms with Crippen LogP contribution >= 0.6 is 15.9 Å². The summed E-state index contributed by atoms with van der Waals surface area (Å²) in [6, 6.07) is 7.61. The van der Waals surface area contributed by atoms with E-state index in [1.54, 1.807) is 4.68 Å². The molecule has 1 fully saturated rings. The van der Waals surface area contributed by atoms with Gasteiger partial charge in [0.2, 0.25) is 0 Å². The van der Waals surface area contributed by atoms with Crippen molar-refractivity contribution in [1.29, 1.82) is 0 Å². The second-order valence-corrected chi connectivity index (χ2v) is 6.30. The number of nitrogens with one attached hydrogen (secondary N) is 1. The lowest BCUT2D eigenvalue weighted by Gasteiger charge is -2.07. The molecule has 8 heteroatoms. The molecular weight excluding hydrogens is 364 g/mol. The number of hydrogen-bond donors (Lipinski definition) is 2. The number of aliphatic carboxylic acids is 1. The third kappa shape index (κ3) is 3.58. The van der Waals surface area contributed by atoms with Gasteiger partial charge in [-0.25, -0.2) is 4.68 Å². The summed E-state index contributed by atoms with van der Waals surface area (Å²) in [5.41, 5.74) is 1.91. The third-order valence-corrected chi connectivity index (χ3v) is 4.11. The van der Waals surface area contributed by atoms with E-state index in [1.807, 2.05) is 24.3 Å². The predicted octanol–water partition coefficient (Wildman–Crippen LogP) is 2.11. The van der Waals surface area contributed by atoms with Gasteiger partial charge in [-0.3, -0.25) is 9.59 Å². The van der Waals surface area contributed by atoms with Gasteiger partial charge in [-0.05, 0) is 37.1 Å². The Morgan fingerprint density at radius 2 is 2.00 bits per heavy atom. The molecule has 1 aliphatic rings. The van der Waals surface area contributed by atoms with Crippen molar-refractivity contribution in [2.24, 2.45) is 0 Å². The van der Waals surface area contributed by atoms with Crippen molar-refractivity contribution in [3.05, 3.63) is 40.1 Å². The number of rotatable bonds is 6. The maximum Gasteiger partial charge on any atom is 0.305 e. The lowest BCUT2D eigenvalue weighted by atomic mass is 10.2. The quantitative estimate of drug-likeness (QED) is 0.801. The molecule has 1 aromatic carbocycles. The van der Waals surface area contributed by atoms with Gasteiger partial charge in [0.1, 0.15) is 0 Å². The zero-order chi connectivity index (χ0) is 16.4. The minimum atomic E-state index is -0.953. The molecule has 1 aliphatic carbocycles. The molecule has 0 aliphatic heterocycles. The molecule has 23 heavy (non-hydrogen) atoms. The number of benzene rings is 1. The zero-order valence-electron chi connectivity index (χ0n) is 12.2. The van der Waals surface area contributed by atoms with E-state index >= 15 is 0 Å². The standard InChI is InChI=1S/C15H15BrN4O3/c16-10-3-5-11(6-4-10)20-14(9-1-2-9)13(18-19-20)15(23)17-8-7-12(21)22/h3-6,9H,1-2,7-8H2,(H,17,23)(H,21,22). The van der Waals surface area contributed by atoms with Crippen molar-refractivity contribution in [3.8, 4) is 5.69 Å². The Balaban J connectivity index is 1.85. The van der Waals surface area contributed by atoms with E-state index in [2.05, 4.69) is 31.6 Å². The number of aromatic nitrogens is 3. The van der Waals surface area contributed by atoms with Gasteiger partial charge in [0, 0.05) is 16.9 Å². The number of carbonyl (C=O) groups excluding carboxylic acids is 1. The fraction of sp³-hybridized carbons (Fsp3) is 0.333. The monoisotopic (exact) mass is 378 g/mol. The summed E-state index contributed by atoms with van der Waals surface area (Å²) in [5.74, 6) is -1.06. The predicted molar refractivity (Wildman–Crippen MR) is 85.6 cm³/mol. The normalized spacial score (nSPS) is 13.8. The summed E-state index contributed by atoms with van der Waals surface area (Å²) in [5, 5.41) is 19.4. The number of carbonyl (C=O) groups is 2. The molecule has 1 aromatic heterocycles. The number of nitrogens with zero attached hydrogens (tertiary/aromatic N) is 3. The average molecular weight is 379 g/mol. The first-order valence-corrected chi connectivity index (χ1v) is 8.07.